The zero-order valence-electron chi connectivity index (χ0n) is 11.0. The molecule has 0 aromatic heterocycles. The molecule has 0 aromatic rings. The van der Waals surface area contributed by atoms with Gasteiger partial charge in [0, 0.05) is 38.9 Å². The zero-order chi connectivity index (χ0) is 12.0. The van der Waals surface area contributed by atoms with E-state index in [-0.39, 0.29) is 0 Å². The fraction of sp³-hybridized carbons (Fsp3) is 0.917. The lowest BCUT2D eigenvalue weighted by atomic mass is 10.1. The van der Waals surface area contributed by atoms with Crippen LogP contribution < -0.4 is 0 Å². The molecule has 1 saturated heterocycles. The predicted octanol–water partition coefficient (Wildman–Crippen LogP) is 0.950. The minimum absolute atomic E-state index is 0.731. The van der Waals surface area contributed by atoms with E-state index in [1.54, 1.807) is 0 Å². The lowest BCUT2D eigenvalue weighted by molar-refractivity contribution is 0.0893. The van der Waals surface area contributed by atoms with Crippen molar-refractivity contribution >= 4 is 6.72 Å². The van der Waals surface area contributed by atoms with E-state index < -0.39 is 0 Å². The summed E-state index contributed by atoms with van der Waals surface area (Å²) in [5.41, 5.74) is 0. The molecule has 0 spiro atoms. The number of piperazine rings is 1. The van der Waals surface area contributed by atoms with Crippen molar-refractivity contribution in [2.24, 2.45) is 5.10 Å². The smallest absolute Gasteiger partial charge is 0.0488 e. The molecule has 1 fully saturated rings. The highest BCUT2D eigenvalue weighted by atomic mass is 15.5. The second-order valence-electron chi connectivity index (χ2n) is 4.79. The number of hydrogen-bond donors (Lipinski definition) is 0. The highest BCUT2D eigenvalue weighted by Gasteiger charge is 2.21. The summed E-state index contributed by atoms with van der Waals surface area (Å²) in [6, 6.07) is 0.731. The standard InChI is InChI=1S/C12H26N4/c1-5-12(6-7-14(3)4)15-8-10-16(13-2)11-9-15/h12H,2,5-11H2,1,3-4H3. The Morgan fingerprint density at radius 1 is 1.25 bits per heavy atom. The molecule has 1 aliphatic rings. The van der Waals surface area contributed by atoms with Crippen molar-refractivity contribution in [2.75, 3.05) is 46.8 Å². The van der Waals surface area contributed by atoms with Gasteiger partial charge in [0.25, 0.3) is 0 Å². The molecular weight excluding hydrogens is 200 g/mol. The average molecular weight is 226 g/mol. The van der Waals surface area contributed by atoms with Gasteiger partial charge in [-0.25, -0.2) is 0 Å². The summed E-state index contributed by atoms with van der Waals surface area (Å²) in [6.45, 7) is 11.4. The van der Waals surface area contributed by atoms with E-state index in [1.165, 1.54) is 19.4 Å². The normalized spacial score (nSPS) is 20.1. The first kappa shape index (κ1) is 13.5. The first-order chi connectivity index (χ1) is 7.67. The molecule has 0 saturated carbocycles. The minimum atomic E-state index is 0.731. The molecule has 0 radical (unpaired) electrons. The molecule has 0 N–H and O–H groups in total. The molecule has 94 valence electrons. The Morgan fingerprint density at radius 3 is 2.31 bits per heavy atom. The summed E-state index contributed by atoms with van der Waals surface area (Å²) in [7, 11) is 4.29. The number of nitrogens with zero attached hydrogens (tertiary/aromatic N) is 4. The predicted molar refractivity (Wildman–Crippen MR) is 69.9 cm³/mol. The molecule has 1 heterocycles. The van der Waals surface area contributed by atoms with E-state index >= 15 is 0 Å². The van der Waals surface area contributed by atoms with Crippen LogP contribution in [0, 0.1) is 0 Å². The Bertz CT molecular complexity index is 197. The Morgan fingerprint density at radius 2 is 1.88 bits per heavy atom. The third-order valence-electron chi connectivity index (χ3n) is 3.39. The van der Waals surface area contributed by atoms with Crippen molar-refractivity contribution in [1.29, 1.82) is 0 Å². The van der Waals surface area contributed by atoms with E-state index in [2.05, 4.69) is 47.6 Å². The molecular formula is C12H26N4. The van der Waals surface area contributed by atoms with Crippen LogP contribution in [-0.2, 0) is 0 Å². The summed E-state index contributed by atoms with van der Waals surface area (Å²) >= 11 is 0. The molecule has 1 rings (SSSR count). The van der Waals surface area contributed by atoms with E-state index in [0.717, 1.165) is 32.2 Å². The van der Waals surface area contributed by atoms with Crippen molar-refractivity contribution in [3.8, 4) is 0 Å². The third kappa shape index (κ3) is 4.10. The molecule has 16 heavy (non-hydrogen) atoms. The topological polar surface area (TPSA) is 22.1 Å². The van der Waals surface area contributed by atoms with Crippen molar-refractivity contribution in [1.82, 2.24) is 14.8 Å². The summed E-state index contributed by atoms with van der Waals surface area (Å²) in [4.78, 5) is 4.87. The van der Waals surface area contributed by atoms with E-state index in [0.29, 0.717) is 0 Å². The second-order valence-corrected chi connectivity index (χ2v) is 4.79. The van der Waals surface area contributed by atoms with Gasteiger partial charge in [0.15, 0.2) is 0 Å². The largest absolute Gasteiger partial charge is 0.309 e. The van der Waals surface area contributed by atoms with Crippen molar-refractivity contribution in [2.45, 2.75) is 25.8 Å². The van der Waals surface area contributed by atoms with Gasteiger partial charge in [0.2, 0.25) is 0 Å². The molecule has 1 atom stereocenters. The number of rotatable bonds is 6. The van der Waals surface area contributed by atoms with Gasteiger partial charge in [-0.2, -0.15) is 5.10 Å². The maximum Gasteiger partial charge on any atom is 0.0488 e. The van der Waals surface area contributed by atoms with Crippen LogP contribution in [0.4, 0.5) is 0 Å². The van der Waals surface area contributed by atoms with Crippen LogP contribution in [0.1, 0.15) is 19.8 Å². The van der Waals surface area contributed by atoms with Gasteiger partial charge in [-0.05, 0) is 33.5 Å². The maximum atomic E-state index is 3.99. The van der Waals surface area contributed by atoms with Gasteiger partial charge in [-0.1, -0.05) is 6.92 Å². The first-order valence-corrected chi connectivity index (χ1v) is 6.27. The Kier molecular flexibility index (Phi) is 5.77. The number of hydrazone groups is 1. The molecule has 4 nitrogen and oxygen atoms in total. The second kappa shape index (κ2) is 6.86. The first-order valence-electron chi connectivity index (χ1n) is 6.27. The van der Waals surface area contributed by atoms with Crippen LogP contribution >= 0.6 is 0 Å². The molecule has 0 amide bonds. The fourth-order valence-electron chi connectivity index (χ4n) is 2.27. The lowest BCUT2D eigenvalue weighted by Crippen LogP contribution is -2.49. The van der Waals surface area contributed by atoms with Crippen LogP contribution in [0.2, 0.25) is 0 Å². The van der Waals surface area contributed by atoms with Crippen molar-refractivity contribution in [3.63, 3.8) is 0 Å². The molecule has 1 aliphatic heterocycles. The van der Waals surface area contributed by atoms with Crippen LogP contribution in [0.25, 0.3) is 0 Å². The van der Waals surface area contributed by atoms with Crippen molar-refractivity contribution in [3.05, 3.63) is 0 Å². The maximum absolute atomic E-state index is 3.99. The SMILES string of the molecule is C=NN1CCN(C(CC)CCN(C)C)CC1. The molecule has 4 heteroatoms. The van der Waals surface area contributed by atoms with E-state index in [4.69, 9.17) is 0 Å². The van der Waals surface area contributed by atoms with Gasteiger partial charge in [-0.15, -0.1) is 0 Å². The van der Waals surface area contributed by atoms with Gasteiger partial charge < -0.3 is 4.90 Å². The molecule has 0 bridgehead atoms. The van der Waals surface area contributed by atoms with Crippen LogP contribution in [0.3, 0.4) is 0 Å². The summed E-state index contributed by atoms with van der Waals surface area (Å²) in [5, 5.41) is 6.05. The highest BCUT2D eigenvalue weighted by Crippen LogP contribution is 2.12. The van der Waals surface area contributed by atoms with Crippen molar-refractivity contribution < 1.29 is 0 Å². The Hall–Kier alpha value is -0.610. The highest BCUT2D eigenvalue weighted by molar-refractivity contribution is 5.22. The molecule has 0 aromatic carbocycles. The Labute approximate surface area is 99.9 Å². The van der Waals surface area contributed by atoms with Gasteiger partial charge >= 0.3 is 0 Å². The van der Waals surface area contributed by atoms with Gasteiger partial charge in [0.05, 0.1) is 0 Å². The molecule has 1 unspecified atom stereocenters. The van der Waals surface area contributed by atoms with Crippen LogP contribution in [0.5, 0.6) is 0 Å². The van der Waals surface area contributed by atoms with Gasteiger partial charge in [0.1, 0.15) is 0 Å². The third-order valence-corrected chi connectivity index (χ3v) is 3.39. The van der Waals surface area contributed by atoms with Crippen LogP contribution in [0.15, 0.2) is 5.10 Å². The minimum Gasteiger partial charge on any atom is -0.309 e. The summed E-state index contributed by atoms with van der Waals surface area (Å²) in [6.07, 6.45) is 2.51. The summed E-state index contributed by atoms with van der Waals surface area (Å²) in [5.74, 6) is 0. The lowest BCUT2D eigenvalue weighted by Gasteiger charge is -2.38. The Balaban J connectivity index is 2.33. The van der Waals surface area contributed by atoms with Crippen LogP contribution in [-0.4, -0.2) is 74.4 Å². The average Bonchev–Trinajstić information content (AvgIpc) is 2.30. The number of hydrogen-bond acceptors (Lipinski definition) is 4. The monoisotopic (exact) mass is 226 g/mol. The van der Waals surface area contributed by atoms with Gasteiger partial charge in [-0.3, -0.25) is 9.91 Å². The fourth-order valence-corrected chi connectivity index (χ4v) is 2.27. The summed E-state index contributed by atoms with van der Waals surface area (Å²) < 4.78 is 0. The van der Waals surface area contributed by atoms with E-state index in [1.807, 2.05) is 0 Å². The molecule has 0 aliphatic carbocycles. The van der Waals surface area contributed by atoms with E-state index in [9.17, 15) is 0 Å². The quantitative estimate of drug-likeness (QED) is 0.630. The zero-order valence-corrected chi connectivity index (χ0v) is 11.0.